The second-order valence-corrected chi connectivity index (χ2v) is 9.88. The number of rotatable bonds is 6. The molecule has 1 N–H and O–H groups in total. The zero-order valence-electron chi connectivity index (χ0n) is 18.9. The number of carbonyl (C=O) groups excluding carboxylic acids is 2. The summed E-state index contributed by atoms with van der Waals surface area (Å²) in [5, 5.41) is 4.75. The predicted molar refractivity (Wildman–Crippen MR) is 132 cm³/mol. The first-order chi connectivity index (χ1) is 15.9. The number of halogens is 2. The number of nitrogens with zero attached hydrogens (tertiary/aromatic N) is 3. The molecule has 0 aliphatic carbocycles. The largest absolute Gasteiger partial charge is 0.343 e. The van der Waals surface area contributed by atoms with Gasteiger partial charge >= 0.3 is 0 Å². The maximum absolute atomic E-state index is 12.8. The predicted octanol–water partition coefficient (Wildman–Crippen LogP) is 4.44. The lowest BCUT2D eigenvalue weighted by atomic mass is 9.71. The number of nitrogens with one attached hydrogen (secondary N) is 1. The lowest BCUT2D eigenvalue weighted by Crippen LogP contribution is -2.51. The second-order valence-electron chi connectivity index (χ2n) is 9.06. The molecule has 1 unspecified atom stereocenters. The van der Waals surface area contributed by atoms with E-state index in [0.29, 0.717) is 34.9 Å². The third kappa shape index (κ3) is 5.51. The normalized spacial score (nSPS) is 22.0. The lowest BCUT2D eigenvalue weighted by molar-refractivity contribution is -0.130. The first-order valence-electron chi connectivity index (χ1n) is 11.5. The molecular weight excluding hydrogens is 459 g/mol. The van der Waals surface area contributed by atoms with Crippen LogP contribution in [0.3, 0.4) is 0 Å². The molecule has 3 heterocycles. The van der Waals surface area contributed by atoms with Crippen molar-refractivity contribution in [2.45, 2.75) is 50.5 Å². The van der Waals surface area contributed by atoms with E-state index in [-0.39, 0.29) is 17.2 Å². The van der Waals surface area contributed by atoms with Crippen LogP contribution in [0.2, 0.25) is 10.0 Å². The molecule has 1 aromatic carbocycles. The third-order valence-electron chi connectivity index (χ3n) is 7.01. The Bertz CT molecular complexity index is 995. The molecule has 4 rings (SSSR count). The summed E-state index contributed by atoms with van der Waals surface area (Å²) in [6, 6.07) is 11.8. The van der Waals surface area contributed by atoms with Crippen molar-refractivity contribution in [3.63, 3.8) is 0 Å². The fourth-order valence-electron chi connectivity index (χ4n) is 5.00. The zero-order valence-corrected chi connectivity index (χ0v) is 20.4. The van der Waals surface area contributed by atoms with Gasteiger partial charge in [-0.15, -0.1) is 0 Å². The van der Waals surface area contributed by atoms with Gasteiger partial charge in [0, 0.05) is 50.6 Å². The molecule has 8 heteroatoms. The summed E-state index contributed by atoms with van der Waals surface area (Å²) in [5.74, 6) is 0.915. The van der Waals surface area contributed by atoms with Gasteiger partial charge in [-0.1, -0.05) is 35.3 Å². The van der Waals surface area contributed by atoms with Gasteiger partial charge in [-0.25, -0.2) is 4.98 Å². The van der Waals surface area contributed by atoms with Crippen LogP contribution < -0.4 is 10.2 Å². The summed E-state index contributed by atoms with van der Waals surface area (Å²) in [4.78, 5) is 32.6. The number of anilines is 1. The number of carbonyl (C=O) groups is 2. The van der Waals surface area contributed by atoms with Crippen molar-refractivity contribution in [2.24, 2.45) is 0 Å². The fourth-order valence-corrected chi connectivity index (χ4v) is 5.30. The van der Waals surface area contributed by atoms with Crippen LogP contribution in [0.1, 0.15) is 44.6 Å². The van der Waals surface area contributed by atoms with Gasteiger partial charge in [-0.05, 0) is 62.1 Å². The van der Waals surface area contributed by atoms with E-state index in [1.54, 1.807) is 18.0 Å². The molecule has 2 aliphatic heterocycles. The molecule has 176 valence electrons. The van der Waals surface area contributed by atoms with Crippen molar-refractivity contribution in [3.8, 4) is 0 Å². The van der Waals surface area contributed by atoms with Crippen LogP contribution in [0.4, 0.5) is 5.82 Å². The van der Waals surface area contributed by atoms with Crippen molar-refractivity contribution in [1.82, 2.24) is 15.2 Å². The highest BCUT2D eigenvalue weighted by atomic mass is 35.5. The van der Waals surface area contributed by atoms with Crippen molar-refractivity contribution in [3.05, 3.63) is 58.2 Å². The summed E-state index contributed by atoms with van der Waals surface area (Å²) >= 11 is 12.6. The van der Waals surface area contributed by atoms with Crippen molar-refractivity contribution >= 4 is 40.8 Å². The highest BCUT2D eigenvalue weighted by Crippen LogP contribution is 2.40. The standard InChI is InChI=1S/C25H30Cl2N4O2/c1-18(32)30-14-8-20(9-15-30)28-13-11-25(19-5-6-21(26)22(27)16-19)10-7-24(33)31(17-25)23-4-2-3-12-29-23/h2-6,12,16,20,28H,7-11,13-15,17H2,1H3. The minimum Gasteiger partial charge on any atom is -0.343 e. The van der Waals surface area contributed by atoms with E-state index in [1.807, 2.05) is 41.3 Å². The maximum atomic E-state index is 12.8. The second kappa shape index (κ2) is 10.4. The summed E-state index contributed by atoms with van der Waals surface area (Å²) in [6.07, 6.45) is 5.68. The number of pyridine rings is 1. The van der Waals surface area contributed by atoms with Crippen molar-refractivity contribution in [1.29, 1.82) is 0 Å². The SMILES string of the molecule is CC(=O)N1CCC(NCCC2(c3ccc(Cl)c(Cl)c3)CCC(=O)N(c3ccccn3)C2)CC1. The smallest absolute Gasteiger partial charge is 0.228 e. The van der Waals surface area contributed by atoms with Gasteiger partial charge in [0.15, 0.2) is 0 Å². The Morgan fingerprint density at radius 3 is 2.64 bits per heavy atom. The molecule has 1 aromatic heterocycles. The van der Waals surface area contributed by atoms with E-state index < -0.39 is 0 Å². The lowest BCUT2D eigenvalue weighted by Gasteiger charge is -2.43. The van der Waals surface area contributed by atoms with Gasteiger partial charge in [-0.2, -0.15) is 0 Å². The molecule has 0 spiro atoms. The van der Waals surface area contributed by atoms with Crippen LogP contribution in [0.15, 0.2) is 42.6 Å². The van der Waals surface area contributed by atoms with E-state index >= 15 is 0 Å². The highest BCUT2D eigenvalue weighted by Gasteiger charge is 2.41. The summed E-state index contributed by atoms with van der Waals surface area (Å²) in [7, 11) is 0. The minimum absolute atomic E-state index is 0.0916. The van der Waals surface area contributed by atoms with Crippen LogP contribution in [0.5, 0.6) is 0 Å². The van der Waals surface area contributed by atoms with Gasteiger partial charge in [0.2, 0.25) is 11.8 Å². The molecule has 2 fully saturated rings. The molecule has 2 aliphatic rings. The molecular formula is C25H30Cl2N4O2. The summed E-state index contributed by atoms with van der Waals surface area (Å²) in [6.45, 7) is 4.59. The number of likely N-dealkylation sites (tertiary alicyclic amines) is 1. The molecule has 2 saturated heterocycles. The fraction of sp³-hybridized carbons (Fsp3) is 0.480. The number of aromatic nitrogens is 1. The zero-order chi connectivity index (χ0) is 23.4. The van der Waals surface area contributed by atoms with E-state index in [4.69, 9.17) is 23.2 Å². The Morgan fingerprint density at radius 1 is 1.18 bits per heavy atom. The number of piperidine rings is 2. The van der Waals surface area contributed by atoms with Gasteiger partial charge in [-0.3, -0.25) is 14.5 Å². The van der Waals surface area contributed by atoms with E-state index in [1.165, 1.54) is 0 Å². The number of benzene rings is 1. The van der Waals surface area contributed by atoms with Crippen LogP contribution in [0, 0.1) is 0 Å². The van der Waals surface area contributed by atoms with Crippen LogP contribution in [-0.4, -0.2) is 53.9 Å². The number of hydrogen-bond donors (Lipinski definition) is 1. The van der Waals surface area contributed by atoms with E-state index in [9.17, 15) is 9.59 Å². The Hall–Kier alpha value is -2.15. The van der Waals surface area contributed by atoms with Crippen LogP contribution in [0.25, 0.3) is 0 Å². The van der Waals surface area contributed by atoms with Gasteiger partial charge in [0.1, 0.15) is 5.82 Å². The molecule has 1 atom stereocenters. The van der Waals surface area contributed by atoms with Gasteiger partial charge < -0.3 is 10.2 Å². The number of amides is 2. The average molecular weight is 489 g/mol. The van der Waals surface area contributed by atoms with E-state index in [2.05, 4.69) is 10.3 Å². The van der Waals surface area contributed by atoms with Crippen molar-refractivity contribution in [2.75, 3.05) is 31.1 Å². The molecule has 0 bridgehead atoms. The monoisotopic (exact) mass is 488 g/mol. The van der Waals surface area contributed by atoms with Crippen LogP contribution >= 0.6 is 23.2 Å². The first kappa shape index (κ1) is 24.0. The Labute approximate surface area is 205 Å². The Balaban J connectivity index is 1.52. The minimum atomic E-state index is -0.257. The van der Waals surface area contributed by atoms with Gasteiger partial charge in [0.05, 0.1) is 10.0 Å². The highest BCUT2D eigenvalue weighted by molar-refractivity contribution is 6.42. The summed E-state index contributed by atoms with van der Waals surface area (Å²) in [5.41, 5.74) is 0.839. The first-order valence-corrected chi connectivity index (χ1v) is 12.3. The van der Waals surface area contributed by atoms with Gasteiger partial charge in [0.25, 0.3) is 0 Å². The number of hydrogen-bond acceptors (Lipinski definition) is 4. The summed E-state index contributed by atoms with van der Waals surface area (Å²) < 4.78 is 0. The topological polar surface area (TPSA) is 65.5 Å². The van der Waals surface area contributed by atoms with E-state index in [0.717, 1.165) is 50.9 Å². The maximum Gasteiger partial charge on any atom is 0.228 e. The molecule has 6 nitrogen and oxygen atoms in total. The average Bonchev–Trinajstić information content (AvgIpc) is 2.83. The molecule has 2 aromatic rings. The van der Waals surface area contributed by atoms with Crippen molar-refractivity contribution < 1.29 is 9.59 Å². The van der Waals surface area contributed by atoms with Crippen LogP contribution in [-0.2, 0) is 15.0 Å². The molecule has 0 radical (unpaired) electrons. The third-order valence-corrected chi connectivity index (χ3v) is 7.75. The molecule has 0 saturated carbocycles. The quantitative estimate of drug-likeness (QED) is 0.652. The Kier molecular flexibility index (Phi) is 7.57. The molecule has 2 amide bonds. The Morgan fingerprint density at radius 2 is 1.97 bits per heavy atom. The molecule has 33 heavy (non-hydrogen) atoms.